The van der Waals surface area contributed by atoms with Gasteiger partial charge in [0.25, 0.3) is 0 Å². The Morgan fingerprint density at radius 3 is 2.41 bits per heavy atom. The second-order valence-electron chi connectivity index (χ2n) is 7.58. The van der Waals surface area contributed by atoms with Crippen molar-refractivity contribution in [3.8, 4) is 11.3 Å². The Morgan fingerprint density at radius 2 is 1.75 bits per heavy atom. The number of carbonyl (C=O) groups is 2. The van der Waals surface area contributed by atoms with Gasteiger partial charge < -0.3 is 10.2 Å². The maximum absolute atomic E-state index is 13.4. The van der Waals surface area contributed by atoms with E-state index in [0.717, 1.165) is 44.0 Å². The van der Waals surface area contributed by atoms with Crippen LogP contribution in [0.4, 0.5) is 19.6 Å². The van der Waals surface area contributed by atoms with Crippen LogP contribution < -0.4 is 10.2 Å². The molecule has 1 saturated heterocycles. The Hall–Kier alpha value is -3.17. The lowest BCUT2D eigenvalue weighted by molar-refractivity contribution is -0.117. The van der Waals surface area contributed by atoms with E-state index in [9.17, 15) is 18.4 Å². The number of halogens is 2. The standard InChI is InChI=1S/C23H22F2N4O2S/c1-15(30)16-2-5-18(6-3-16)29-10-8-28(9-11-29)13-22(31)27-23-26-21(14-32-23)17-4-7-19(24)20(25)12-17/h2-7,12,14H,8-11,13H2,1H3,(H,26,27,31). The number of rotatable bonds is 6. The summed E-state index contributed by atoms with van der Waals surface area (Å²) >= 11 is 1.24. The van der Waals surface area contributed by atoms with E-state index in [-0.39, 0.29) is 18.2 Å². The van der Waals surface area contributed by atoms with Gasteiger partial charge in [-0.1, -0.05) is 0 Å². The number of aromatic nitrogens is 1. The minimum Gasteiger partial charge on any atom is -0.369 e. The average Bonchev–Trinajstić information content (AvgIpc) is 3.24. The number of ketones is 1. The summed E-state index contributed by atoms with van der Waals surface area (Å²) in [6.07, 6.45) is 0. The number of Topliss-reactive ketones (excluding diaryl/α,β-unsaturated/α-hetero) is 1. The van der Waals surface area contributed by atoms with Gasteiger partial charge in [-0.15, -0.1) is 11.3 Å². The van der Waals surface area contributed by atoms with Crippen molar-refractivity contribution in [1.82, 2.24) is 9.88 Å². The summed E-state index contributed by atoms with van der Waals surface area (Å²) in [7, 11) is 0. The highest BCUT2D eigenvalue weighted by atomic mass is 32.1. The molecule has 1 N–H and O–H groups in total. The normalized spacial score (nSPS) is 14.4. The van der Waals surface area contributed by atoms with E-state index in [1.54, 1.807) is 12.3 Å². The van der Waals surface area contributed by atoms with E-state index < -0.39 is 11.6 Å². The van der Waals surface area contributed by atoms with Crippen LogP contribution in [0.5, 0.6) is 0 Å². The second kappa shape index (κ2) is 9.54. The number of piperazine rings is 1. The maximum Gasteiger partial charge on any atom is 0.240 e. The van der Waals surface area contributed by atoms with Crippen LogP contribution in [0, 0.1) is 11.6 Å². The average molecular weight is 457 g/mol. The minimum atomic E-state index is -0.935. The molecular formula is C23H22F2N4O2S. The number of hydrogen-bond donors (Lipinski definition) is 1. The van der Waals surface area contributed by atoms with Crippen LogP contribution in [0.2, 0.25) is 0 Å². The summed E-state index contributed by atoms with van der Waals surface area (Å²) in [5.74, 6) is -1.97. The molecule has 0 aliphatic carbocycles. The van der Waals surface area contributed by atoms with Crippen molar-refractivity contribution < 1.29 is 18.4 Å². The quantitative estimate of drug-likeness (QED) is 0.567. The van der Waals surface area contributed by atoms with E-state index in [2.05, 4.69) is 20.1 Å². The molecule has 0 unspecified atom stereocenters. The van der Waals surface area contributed by atoms with Crippen molar-refractivity contribution in [2.45, 2.75) is 6.92 Å². The van der Waals surface area contributed by atoms with Gasteiger partial charge in [-0.2, -0.15) is 0 Å². The van der Waals surface area contributed by atoms with Crippen molar-refractivity contribution in [3.63, 3.8) is 0 Å². The van der Waals surface area contributed by atoms with Gasteiger partial charge in [-0.25, -0.2) is 13.8 Å². The van der Waals surface area contributed by atoms with E-state index >= 15 is 0 Å². The van der Waals surface area contributed by atoms with Gasteiger partial charge in [0.2, 0.25) is 5.91 Å². The van der Waals surface area contributed by atoms with Crippen LogP contribution in [-0.2, 0) is 4.79 Å². The molecule has 0 bridgehead atoms. The topological polar surface area (TPSA) is 65.5 Å². The molecule has 0 spiro atoms. The second-order valence-corrected chi connectivity index (χ2v) is 8.44. The number of benzene rings is 2. The van der Waals surface area contributed by atoms with E-state index in [1.165, 1.54) is 17.4 Å². The van der Waals surface area contributed by atoms with Crippen LogP contribution in [0.3, 0.4) is 0 Å². The molecule has 9 heteroatoms. The molecule has 1 fully saturated rings. The van der Waals surface area contributed by atoms with Crippen LogP contribution in [0.15, 0.2) is 47.8 Å². The first-order valence-corrected chi connectivity index (χ1v) is 11.1. The first-order valence-electron chi connectivity index (χ1n) is 10.2. The van der Waals surface area contributed by atoms with E-state index in [1.807, 2.05) is 24.3 Å². The van der Waals surface area contributed by atoms with Gasteiger partial charge in [0.15, 0.2) is 22.5 Å². The first kappa shape index (κ1) is 22.0. The monoisotopic (exact) mass is 456 g/mol. The lowest BCUT2D eigenvalue weighted by atomic mass is 10.1. The molecule has 0 radical (unpaired) electrons. The summed E-state index contributed by atoms with van der Waals surface area (Å²) in [6, 6.07) is 11.2. The fourth-order valence-corrected chi connectivity index (χ4v) is 4.29. The first-order chi connectivity index (χ1) is 15.4. The van der Waals surface area contributed by atoms with Crippen molar-refractivity contribution in [2.24, 2.45) is 0 Å². The fraction of sp³-hybridized carbons (Fsp3) is 0.261. The predicted molar refractivity (Wildman–Crippen MR) is 121 cm³/mol. The summed E-state index contributed by atoms with van der Waals surface area (Å²) in [6.45, 7) is 4.83. The predicted octanol–water partition coefficient (Wildman–Crippen LogP) is 4.05. The van der Waals surface area contributed by atoms with Gasteiger partial charge >= 0.3 is 0 Å². The minimum absolute atomic E-state index is 0.0459. The van der Waals surface area contributed by atoms with Gasteiger partial charge in [0.05, 0.1) is 12.2 Å². The van der Waals surface area contributed by atoms with Gasteiger partial charge in [-0.3, -0.25) is 14.5 Å². The molecule has 1 aromatic heterocycles. The molecule has 6 nitrogen and oxygen atoms in total. The zero-order chi connectivity index (χ0) is 22.7. The van der Waals surface area contributed by atoms with E-state index in [4.69, 9.17) is 0 Å². The van der Waals surface area contributed by atoms with Crippen LogP contribution in [-0.4, -0.2) is 54.3 Å². The van der Waals surface area contributed by atoms with Crippen LogP contribution >= 0.6 is 11.3 Å². The Balaban J connectivity index is 1.28. The Morgan fingerprint density at radius 1 is 1.03 bits per heavy atom. The third-order valence-electron chi connectivity index (χ3n) is 5.34. The summed E-state index contributed by atoms with van der Waals surface area (Å²) < 4.78 is 26.5. The van der Waals surface area contributed by atoms with Crippen LogP contribution in [0.25, 0.3) is 11.3 Å². The number of hydrogen-bond acceptors (Lipinski definition) is 6. The SMILES string of the molecule is CC(=O)c1ccc(N2CCN(CC(=O)Nc3nc(-c4ccc(F)c(F)c4)cs3)CC2)cc1. The number of nitrogens with zero attached hydrogens (tertiary/aromatic N) is 3. The highest BCUT2D eigenvalue weighted by molar-refractivity contribution is 7.14. The van der Waals surface area contributed by atoms with Crippen molar-refractivity contribution in [1.29, 1.82) is 0 Å². The number of anilines is 2. The smallest absolute Gasteiger partial charge is 0.240 e. The maximum atomic E-state index is 13.4. The molecule has 1 amide bonds. The summed E-state index contributed by atoms with van der Waals surface area (Å²) in [5, 5.41) is 4.89. The third-order valence-corrected chi connectivity index (χ3v) is 6.10. The number of amides is 1. The Bertz CT molecular complexity index is 1130. The Labute approximate surface area is 188 Å². The highest BCUT2D eigenvalue weighted by Crippen LogP contribution is 2.26. The number of nitrogens with one attached hydrogen (secondary N) is 1. The third kappa shape index (κ3) is 5.17. The lowest BCUT2D eigenvalue weighted by Gasteiger charge is -2.35. The summed E-state index contributed by atoms with van der Waals surface area (Å²) in [4.78, 5) is 32.5. The molecule has 2 heterocycles. The van der Waals surface area contributed by atoms with Gasteiger partial charge in [-0.05, 0) is 49.4 Å². The zero-order valence-corrected chi connectivity index (χ0v) is 18.3. The van der Waals surface area contributed by atoms with Gasteiger partial charge in [0, 0.05) is 48.4 Å². The molecule has 4 rings (SSSR count). The molecule has 166 valence electrons. The molecular weight excluding hydrogens is 434 g/mol. The lowest BCUT2D eigenvalue weighted by Crippen LogP contribution is -2.48. The van der Waals surface area contributed by atoms with E-state index in [0.29, 0.717) is 22.0 Å². The van der Waals surface area contributed by atoms with Crippen molar-refractivity contribution in [3.05, 3.63) is 65.0 Å². The van der Waals surface area contributed by atoms with Crippen molar-refractivity contribution >= 4 is 33.8 Å². The molecule has 3 aromatic rings. The molecule has 2 aromatic carbocycles. The van der Waals surface area contributed by atoms with Crippen molar-refractivity contribution in [2.75, 3.05) is 42.9 Å². The molecule has 1 aliphatic heterocycles. The largest absolute Gasteiger partial charge is 0.369 e. The van der Waals surface area contributed by atoms with Gasteiger partial charge in [0.1, 0.15) is 0 Å². The summed E-state index contributed by atoms with van der Waals surface area (Å²) in [5.41, 5.74) is 2.69. The Kier molecular flexibility index (Phi) is 6.57. The molecule has 0 atom stereocenters. The highest BCUT2D eigenvalue weighted by Gasteiger charge is 2.20. The number of thiazole rings is 1. The number of carbonyl (C=O) groups excluding carboxylic acids is 2. The zero-order valence-electron chi connectivity index (χ0n) is 17.5. The molecule has 32 heavy (non-hydrogen) atoms. The molecule has 0 saturated carbocycles. The molecule has 1 aliphatic rings. The van der Waals surface area contributed by atoms with Crippen LogP contribution in [0.1, 0.15) is 17.3 Å². The fourth-order valence-electron chi connectivity index (χ4n) is 3.55.